The molecule has 1 unspecified atom stereocenters. The predicted octanol–water partition coefficient (Wildman–Crippen LogP) is 4.43. The lowest BCUT2D eigenvalue weighted by molar-refractivity contribution is 0.201. The first-order chi connectivity index (χ1) is 11.9. The zero-order valence-corrected chi connectivity index (χ0v) is 16.1. The number of hydrogen-bond acceptors (Lipinski definition) is 5. The second-order valence-electron chi connectivity index (χ2n) is 6.49. The van der Waals surface area contributed by atoms with Gasteiger partial charge in [0.25, 0.3) is 0 Å². The molecule has 2 N–H and O–H groups in total. The molecule has 2 aromatic rings. The SMILES string of the molecule is COc1cccc(CC2N=C(N)SN2C(C)(C)c2ccc(Cl)cc2)c1. The number of aliphatic imine (C=N–C) groups is 1. The maximum atomic E-state index is 6.05. The molecule has 2 aromatic carbocycles. The molecule has 0 bridgehead atoms. The van der Waals surface area contributed by atoms with Crippen LogP contribution in [0.1, 0.15) is 25.0 Å². The van der Waals surface area contributed by atoms with Crippen molar-refractivity contribution in [1.82, 2.24) is 4.31 Å². The first-order valence-electron chi connectivity index (χ1n) is 8.09. The molecule has 1 atom stereocenters. The van der Waals surface area contributed by atoms with Crippen LogP contribution in [0.25, 0.3) is 0 Å². The van der Waals surface area contributed by atoms with Crippen molar-refractivity contribution < 1.29 is 4.74 Å². The Labute approximate surface area is 158 Å². The van der Waals surface area contributed by atoms with Gasteiger partial charge in [0.15, 0.2) is 5.17 Å². The topological polar surface area (TPSA) is 50.9 Å². The van der Waals surface area contributed by atoms with E-state index in [-0.39, 0.29) is 11.7 Å². The van der Waals surface area contributed by atoms with E-state index in [1.807, 2.05) is 30.3 Å². The number of nitrogens with two attached hydrogens (primary N) is 1. The third-order valence-electron chi connectivity index (χ3n) is 4.39. The summed E-state index contributed by atoms with van der Waals surface area (Å²) in [4.78, 5) is 4.65. The van der Waals surface area contributed by atoms with Gasteiger partial charge in [-0.3, -0.25) is 0 Å². The van der Waals surface area contributed by atoms with Crippen molar-refractivity contribution in [3.8, 4) is 5.75 Å². The lowest BCUT2D eigenvalue weighted by Gasteiger charge is -2.37. The van der Waals surface area contributed by atoms with Gasteiger partial charge in [-0.2, -0.15) is 0 Å². The molecule has 3 rings (SSSR count). The van der Waals surface area contributed by atoms with Crippen molar-refractivity contribution in [2.24, 2.45) is 10.7 Å². The van der Waals surface area contributed by atoms with Crippen LogP contribution in [0, 0.1) is 0 Å². The average molecular weight is 376 g/mol. The Kier molecular flexibility index (Phi) is 5.27. The molecule has 1 heterocycles. The van der Waals surface area contributed by atoms with Gasteiger partial charge in [-0.1, -0.05) is 35.9 Å². The number of halogens is 1. The number of nitrogens with zero attached hydrogens (tertiary/aromatic N) is 2. The Hall–Kier alpha value is -1.69. The Morgan fingerprint density at radius 3 is 2.64 bits per heavy atom. The summed E-state index contributed by atoms with van der Waals surface area (Å²) in [5.74, 6) is 0.851. The summed E-state index contributed by atoms with van der Waals surface area (Å²) in [6.45, 7) is 4.35. The smallest absolute Gasteiger partial charge is 0.171 e. The number of rotatable bonds is 5. The highest BCUT2D eigenvalue weighted by molar-refractivity contribution is 8.12. The normalized spacial score (nSPS) is 18.2. The Morgan fingerprint density at radius 2 is 1.96 bits per heavy atom. The molecule has 1 aliphatic rings. The molecule has 4 nitrogen and oxygen atoms in total. The van der Waals surface area contributed by atoms with E-state index in [4.69, 9.17) is 22.1 Å². The summed E-state index contributed by atoms with van der Waals surface area (Å²) >= 11 is 7.54. The Balaban J connectivity index is 1.85. The van der Waals surface area contributed by atoms with E-state index in [0.29, 0.717) is 5.17 Å². The van der Waals surface area contributed by atoms with Gasteiger partial charge in [-0.15, -0.1) is 0 Å². The van der Waals surface area contributed by atoms with Crippen molar-refractivity contribution in [3.63, 3.8) is 0 Å². The maximum Gasteiger partial charge on any atom is 0.171 e. The first-order valence-corrected chi connectivity index (χ1v) is 9.25. The van der Waals surface area contributed by atoms with Crippen LogP contribution in [-0.4, -0.2) is 22.7 Å². The maximum absolute atomic E-state index is 6.05. The molecule has 25 heavy (non-hydrogen) atoms. The highest BCUT2D eigenvalue weighted by Gasteiger charge is 2.39. The standard InChI is InChI=1S/C19H22ClN3OS/c1-19(2,14-7-9-15(20)10-8-14)23-17(22-18(21)25-23)12-13-5-4-6-16(11-13)24-3/h4-11,17H,12H2,1-3H3,(H2,21,22). The highest BCUT2D eigenvalue weighted by Crippen LogP contribution is 2.40. The van der Waals surface area contributed by atoms with Crippen molar-refractivity contribution in [3.05, 3.63) is 64.7 Å². The van der Waals surface area contributed by atoms with E-state index in [1.54, 1.807) is 7.11 Å². The molecule has 0 radical (unpaired) electrons. The van der Waals surface area contributed by atoms with Gasteiger partial charge in [0.05, 0.1) is 12.6 Å². The second kappa shape index (κ2) is 7.28. The number of ether oxygens (including phenoxy) is 1. The lowest BCUT2D eigenvalue weighted by atomic mass is 9.93. The molecule has 0 amide bonds. The molecule has 0 spiro atoms. The van der Waals surface area contributed by atoms with Crippen LogP contribution in [0.2, 0.25) is 5.02 Å². The van der Waals surface area contributed by atoms with Crippen LogP contribution in [0.5, 0.6) is 5.75 Å². The van der Waals surface area contributed by atoms with Gasteiger partial charge < -0.3 is 10.5 Å². The predicted molar refractivity (Wildman–Crippen MR) is 106 cm³/mol. The van der Waals surface area contributed by atoms with Crippen molar-refractivity contribution in [1.29, 1.82) is 0 Å². The molecular formula is C19H22ClN3OS. The van der Waals surface area contributed by atoms with Gasteiger partial charge in [0.2, 0.25) is 0 Å². The Bertz CT molecular complexity index is 776. The Morgan fingerprint density at radius 1 is 1.24 bits per heavy atom. The van der Waals surface area contributed by atoms with Crippen LogP contribution in [0.15, 0.2) is 53.5 Å². The van der Waals surface area contributed by atoms with E-state index in [9.17, 15) is 0 Å². The largest absolute Gasteiger partial charge is 0.497 e. The third-order valence-corrected chi connectivity index (χ3v) is 5.83. The van der Waals surface area contributed by atoms with Crippen LogP contribution in [0.3, 0.4) is 0 Å². The van der Waals surface area contributed by atoms with E-state index in [0.717, 1.165) is 17.2 Å². The molecule has 0 aromatic heterocycles. The minimum atomic E-state index is -0.247. The fourth-order valence-corrected chi connectivity index (χ4v) is 4.07. The van der Waals surface area contributed by atoms with Gasteiger partial charge in [-0.25, -0.2) is 9.30 Å². The van der Waals surface area contributed by atoms with Crippen LogP contribution < -0.4 is 10.5 Å². The van der Waals surface area contributed by atoms with E-state index in [1.165, 1.54) is 23.1 Å². The van der Waals surface area contributed by atoms with E-state index < -0.39 is 0 Å². The zero-order valence-electron chi connectivity index (χ0n) is 14.6. The van der Waals surface area contributed by atoms with Crippen LogP contribution >= 0.6 is 23.5 Å². The number of methoxy groups -OCH3 is 1. The van der Waals surface area contributed by atoms with Crippen LogP contribution in [0.4, 0.5) is 0 Å². The second-order valence-corrected chi connectivity index (χ2v) is 7.92. The lowest BCUT2D eigenvalue weighted by Crippen LogP contribution is -2.41. The van der Waals surface area contributed by atoms with Crippen molar-refractivity contribution >= 4 is 28.7 Å². The molecule has 1 aliphatic heterocycles. The molecule has 6 heteroatoms. The summed E-state index contributed by atoms with van der Waals surface area (Å²) in [7, 11) is 1.68. The monoisotopic (exact) mass is 375 g/mol. The minimum Gasteiger partial charge on any atom is -0.497 e. The molecule has 0 fully saturated rings. The molecule has 0 saturated carbocycles. The van der Waals surface area contributed by atoms with E-state index in [2.05, 4.69) is 41.3 Å². The molecule has 132 valence electrons. The van der Waals surface area contributed by atoms with Gasteiger partial charge in [0, 0.05) is 11.4 Å². The highest BCUT2D eigenvalue weighted by atomic mass is 35.5. The number of amidine groups is 1. The zero-order chi connectivity index (χ0) is 18.0. The summed E-state index contributed by atoms with van der Waals surface area (Å²) in [5, 5.41) is 1.33. The average Bonchev–Trinajstić information content (AvgIpc) is 2.96. The quantitative estimate of drug-likeness (QED) is 0.785. The fourth-order valence-electron chi connectivity index (χ4n) is 2.99. The molecule has 0 aliphatic carbocycles. The summed E-state index contributed by atoms with van der Waals surface area (Å²) in [5.41, 5.74) is 8.14. The van der Waals surface area contributed by atoms with Crippen LogP contribution in [-0.2, 0) is 12.0 Å². The van der Waals surface area contributed by atoms with Crippen molar-refractivity contribution in [2.45, 2.75) is 32.0 Å². The molecular weight excluding hydrogens is 354 g/mol. The van der Waals surface area contributed by atoms with Crippen molar-refractivity contribution in [2.75, 3.05) is 7.11 Å². The summed E-state index contributed by atoms with van der Waals surface area (Å²) in [6, 6.07) is 16.0. The fraction of sp³-hybridized carbons (Fsp3) is 0.316. The minimum absolute atomic E-state index is 0.0391. The molecule has 0 saturated heterocycles. The van der Waals surface area contributed by atoms with Gasteiger partial charge in [0.1, 0.15) is 11.9 Å². The number of hydrogen-bond donors (Lipinski definition) is 1. The van der Waals surface area contributed by atoms with Gasteiger partial charge in [-0.05, 0) is 61.2 Å². The summed E-state index contributed by atoms with van der Waals surface area (Å²) < 4.78 is 7.58. The van der Waals surface area contributed by atoms with Gasteiger partial charge >= 0.3 is 0 Å². The first kappa shape index (κ1) is 18.1. The summed E-state index contributed by atoms with van der Waals surface area (Å²) in [6.07, 6.45) is 0.727. The van der Waals surface area contributed by atoms with E-state index >= 15 is 0 Å². The third kappa shape index (κ3) is 3.94. The number of benzene rings is 2.